The van der Waals surface area contributed by atoms with Gasteiger partial charge in [0.15, 0.2) is 34.9 Å². The van der Waals surface area contributed by atoms with Crippen LogP contribution in [0.3, 0.4) is 0 Å². The molecule has 0 saturated carbocycles. The average Bonchev–Trinajstić information content (AvgIpc) is 2.86. The summed E-state index contributed by atoms with van der Waals surface area (Å²) in [6.45, 7) is 0.856. The van der Waals surface area contributed by atoms with Crippen molar-refractivity contribution in [2.24, 2.45) is 43.1 Å². The van der Waals surface area contributed by atoms with Gasteiger partial charge in [-0.1, -0.05) is 12.1 Å². The largest absolute Gasteiger partial charge is 0.504 e. The summed E-state index contributed by atoms with van der Waals surface area (Å²) in [5, 5.41) is 33.1. The molecule has 2 rings (SSSR count). The zero-order valence-electron chi connectivity index (χ0n) is 21.0. The van der Waals surface area contributed by atoms with Crippen molar-refractivity contribution >= 4 is 23.8 Å². The molecule has 0 radical (unpaired) electrons. The number of phenols is 3. The first kappa shape index (κ1) is 28.4. The van der Waals surface area contributed by atoms with Gasteiger partial charge < -0.3 is 48.0 Å². The van der Waals surface area contributed by atoms with E-state index in [0.717, 1.165) is 11.1 Å². The standard InChI is InChI=1S/C23H34N10O4/c1-28-23(30-20(24)25)32(2)11-9-15-5-7-19(18(36)13-15)37-31-22(27)33(3)21(26)29-10-8-14-4-6-16(34)17(35)12-14/h4-7,12-13,34-36H,8-11H2,1-3H3,(H2,26,29)(H2,27,31)(H4,24,25,28,30). The van der Waals surface area contributed by atoms with E-state index in [0.29, 0.717) is 31.9 Å². The second-order valence-corrected chi connectivity index (χ2v) is 7.95. The third-order valence-electron chi connectivity index (χ3n) is 5.17. The quantitative estimate of drug-likeness (QED) is 0.105. The summed E-state index contributed by atoms with van der Waals surface area (Å²) in [7, 11) is 4.94. The number of benzene rings is 2. The Morgan fingerprint density at radius 1 is 0.865 bits per heavy atom. The topological polar surface area (TPSA) is 230 Å². The minimum atomic E-state index is -0.202. The summed E-state index contributed by atoms with van der Waals surface area (Å²) >= 11 is 0. The van der Waals surface area contributed by atoms with Crippen LogP contribution in [0.2, 0.25) is 0 Å². The predicted molar refractivity (Wildman–Crippen MR) is 144 cm³/mol. The van der Waals surface area contributed by atoms with Crippen LogP contribution in [-0.4, -0.2) is 83.2 Å². The van der Waals surface area contributed by atoms with E-state index in [4.69, 9.17) is 27.8 Å². The highest BCUT2D eigenvalue weighted by molar-refractivity contribution is 5.96. The van der Waals surface area contributed by atoms with Crippen LogP contribution in [-0.2, 0) is 12.8 Å². The fourth-order valence-corrected chi connectivity index (χ4v) is 3.02. The van der Waals surface area contributed by atoms with E-state index in [1.54, 1.807) is 50.3 Å². The first-order valence-electron chi connectivity index (χ1n) is 11.2. The first-order valence-corrected chi connectivity index (χ1v) is 11.2. The van der Waals surface area contributed by atoms with Crippen LogP contribution in [0.15, 0.2) is 56.5 Å². The van der Waals surface area contributed by atoms with Crippen molar-refractivity contribution < 1.29 is 20.2 Å². The molecule has 0 aliphatic rings. The van der Waals surface area contributed by atoms with E-state index in [2.05, 4.69) is 20.1 Å². The fourth-order valence-electron chi connectivity index (χ4n) is 3.02. The summed E-state index contributed by atoms with van der Waals surface area (Å²) in [6.07, 6.45) is 1.06. The highest BCUT2D eigenvalue weighted by Crippen LogP contribution is 2.27. The first-order chi connectivity index (χ1) is 17.5. The zero-order chi connectivity index (χ0) is 27.5. The number of aromatic hydroxyl groups is 3. The van der Waals surface area contributed by atoms with Gasteiger partial charge in [-0.15, -0.1) is 0 Å². The van der Waals surface area contributed by atoms with Crippen LogP contribution >= 0.6 is 0 Å². The molecule has 2 aromatic rings. The normalized spacial score (nSPS) is 12.2. The monoisotopic (exact) mass is 514 g/mol. The predicted octanol–water partition coefficient (Wildman–Crippen LogP) is -0.365. The molecule has 11 N–H and O–H groups in total. The molecule has 0 aliphatic heterocycles. The molecule has 0 amide bonds. The molecule has 0 unspecified atom stereocenters. The van der Waals surface area contributed by atoms with Gasteiger partial charge in [-0.25, -0.2) is 0 Å². The molecule has 0 saturated heterocycles. The van der Waals surface area contributed by atoms with Crippen LogP contribution in [0, 0.1) is 0 Å². The van der Waals surface area contributed by atoms with Crippen molar-refractivity contribution in [3.63, 3.8) is 0 Å². The van der Waals surface area contributed by atoms with E-state index in [-0.39, 0.29) is 40.9 Å². The molecule has 0 fully saturated rings. The summed E-state index contributed by atoms with van der Waals surface area (Å²) in [5.74, 6) is -0.0949. The Balaban J connectivity index is 1.93. The Kier molecular flexibility index (Phi) is 10.2. The Labute approximate surface area is 214 Å². The number of rotatable bonds is 8. The molecular formula is C23H34N10O4. The highest BCUT2D eigenvalue weighted by Gasteiger charge is 2.11. The van der Waals surface area contributed by atoms with Gasteiger partial charge in [0, 0.05) is 34.2 Å². The maximum Gasteiger partial charge on any atom is 0.240 e. The maximum atomic E-state index is 10.3. The van der Waals surface area contributed by atoms with Crippen LogP contribution in [0.4, 0.5) is 0 Å². The lowest BCUT2D eigenvalue weighted by atomic mass is 10.1. The Morgan fingerprint density at radius 2 is 1.51 bits per heavy atom. The van der Waals surface area contributed by atoms with E-state index >= 15 is 0 Å². The minimum Gasteiger partial charge on any atom is -0.504 e. The van der Waals surface area contributed by atoms with E-state index in [1.165, 1.54) is 17.0 Å². The smallest absolute Gasteiger partial charge is 0.240 e. The zero-order valence-corrected chi connectivity index (χ0v) is 21.0. The second-order valence-electron chi connectivity index (χ2n) is 7.95. The van der Waals surface area contributed by atoms with Gasteiger partial charge in [-0.3, -0.25) is 14.9 Å². The molecule has 14 heteroatoms. The van der Waals surface area contributed by atoms with Gasteiger partial charge >= 0.3 is 0 Å². The lowest BCUT2D eigenvalue weighted by molar-refractivity contribution is 0.312. The molecule has 14 nitrogen and oxygen atoms in total. The van der Waals surface area contributed by atoms with E-state index in [9.17, 15) is 15.3 Å². The number of phenolic OH excluding ortho intramolecular Hbond substituents is 3. The van der Waals surface area contributed by atoms with Gasteiger partial charge in [-0.05, 0) is 53.4 Å². The third kappa shape index (κ3) is 8.69. The number of nitrogens with zero attached hydrogens (tertiary/aromatic N) is 6. The van der Waals surface area contributed by atoms with Crippen molar-refractivity contribution in [2.75, 3.05) is 34.2 Å². The number of hydrogen-bond donors (Lipinski definition) is 7. The number of likely N-dealkylation sites (N-methyl/N-ethyl adjacent to an activating group) is 1. The van der Waals surface area contributed by atoms with Crippen molar-refractivity contribution in [1.82, 2.24) is 9.80 Å². The Morgan fingerprint density at radius 3 is 2.14 bits per heavy atom. The molecule has 200 valence electrons. The SMILES string of the molecule is CN=C(N=C(N)N)N(C)CCc1ccc(ON=C(N)N(C)C(N)=NCCc2ccc(O)c(O)c2)c(O)c1. The molecular weight excluding hydrogens is 480 g/mol. The molecule has 0 aliphatic carbocycles. The molecule has 0 spiro atoms. The van der Waals surface area contributed by atoms with Gasteiger partial charge in [-0.2, -0.15) is 4.99 Å². The van der Waals surface area contributed by atoms with Crippen molar-refractivity contribution in [2.45, 2.75) is 12.8 Å². The molecule has 2 aromatic carbocycles. The molecule has 0 bridgehead atoms. The average molecular weight is 515 g/mol. The van der Waals surface area contributed by atoms with E-state index in [1.807, 2.05) is 0 Å². The van der Waals surface area contributed by atoms with Crippen molar-refractivity contribution in [1.29, 1.82) is 0 Å². The number of aliphatic imine (C=N–C) groups is 3. The molecule has 37 heavy (non-hydrogen) atoms. The van der Waals surface area contributed by atoms with E-state index < -0.39 is 0 Å². The third-order valence-corrected chi connectivity index (χ3v) is 5.17. The molecule has 0 heterocycles. The van der Waals surface area contributed by atoms with Crippen molar-refractivity contribution in [3.05, 3.63) is 47.5 Å². The summed E-state index contributed by atoms with van der Waals surface area (Å²) in [6, 6.07) is 9.42. The lowest BCUT2D eigenvalue weighted by Crippen LogP contribution is -2.43. The summed E-state index contributed by atoms with van der Waals surface area (Å²) in [4.78, 5) is 20.6. The molecule has 0 atom stereocenters. The van der Waals surface area contributed by atoms with Gasteiger partial charge in [0.2, 0.25) is 11.9 Å². The van der Waals surface area contributed by atoms with Gasteiger partial charge in [0.25, 0.3) is 0 Å². The van der Waals surface area contributed by atoms with Crippen LogP contribution in [0.5, 0.6) is 23.0 Å². The number of nitrogens with two attached hydrogens (primary N) is 4. The minimum absolute atomic E-state index is 0.0830. The van der Waals surface area contributed by atoms with Crippen LogP contribution < -0.4 is 27.8 Å². The number of guanidine groups is 4. The fraction of sp³-hybridized carbons (Fsp3) is 0.304. The van der Waals surface area contributed by atoms with Gasteiger partial charge in [0.05, 0.1) is 0 Å². The lowest BCUT2D eigenvalue weighted by Gasteiger charge is -2.18. The number of oxime groups is 1. The van der Waals surface area contributed by atoms with Gasteiger partial charge in [0.1, 0.15) is 0 Å². The molecule has 0 aromatic heterocycles. The summed E-state index contributed by atoms with van der Waals surface area (Å²) < 4.78 is 0. The Bertz CT molecular complexity index is 1190. The maximum absolute atomic E-state index is 10.3. The highest BCUT2D eigenvalue weighted by atomic mass is 16.6. The number of hydrogen-bond acceptors (Lipinski definition) is 7. The van der Waals surface area contributed by atoms with Crippen LogP contribution in [0.25, 0.3) is 0 Å². The van der Waals surface area contributed by atoms with Crippen LogP contribution in [0.1, 0.15) is 11.1 Å². The Hall–Kier alpha value is -4.88. The summed E-state index contributed by atoms with van der Waals surface area (Å²) in [5.41, 5.74) is 24.3. The van der Waals surface area contributed by atoms with Crippen molar-refractivity contribution in [3.8, 4) is 23.0 Å². The second kappa shape index (κ2) is 13.3.